The quantitative estimate of drug-likeness (QED) is 0.878. The zero-order chi connectivity index (χ0) is 11.5. The molecule has 1 atom stereocenters. The molecule has 1 rings (SSSR count). The van der Waals surface area contributed by atoms with Crippen LogP contribution in [0, 0.1) is 0 Å². The van der Waals surface area contributed by atoms with E-state index in [4.69, 9.17) is 11.6 Å². The van der Waals surface area contributed by atoms with Gasteiger partial charge in [0.15, 0.2) is 0 Å². The first-order chi connectivity index (χ1) is 6.90. The molecule has 1 aromatic carbocycles. The molecule has 0 aliphatic heterocycles. The van der Waals surface area contributed by atoms with Crippen LogP contribution >= 0.6 is 24.0 Å². The highest BCUT2D eigenvalue weighted by Crippen LogP contribution is 2.22. The molecule has 2 N–H and O–H groups in total. The van der Waals surface area contributed by atoms with Crippen molar-refractivity contribution in [2.75, 3.05) is 6.54 Å². The molecule has 0 bridgehead atoms. The monoisotopic (exact) mass is 263 g/mol. The number of halogens is 2. The summed E-state index contributed by atoms with van der Waals surface area (Å²) in [6.45, 7) is 6.69. The van der Waals surface area contributed by atoms with Crippen molar-refractivity contribution < 1.29 is 5.11 Å². The van der Waals surface area contributed by atoms with Gasteiger partial charge in [-0.1, -0.05) is 29.8 Å². The van der Waals surface area contributed by atoms with E-state index in [-0.39, 0.29) is 17.9 Å². The zero-order valence-corrected chi connectivity index (χ0v) is 11.4. The van der Waals surface area contributed by atoms with Crippen LogP contribution in [0.5, 0.6) is 0 Å². The number of β-amino-alcohol motifs (C(OH)–C–C–N with tert-alkyl or cyclic N) is 1. The first-order valence-electron chi connectivity index (χ1n) is 5.08. The van der Waals surface area contributed by atoms with E-state index in [1.165, 1.54) is 0 Å². The maximum absolute atomic E-state index is 9.92. The van der Waals surface area contributed by atoms with Crippen molar-refractivity contribution >= 4 is 24.0 Å². The minimum absolute atomic E-state index is 0. The molecule has 1 unspecified atom stereocenters. The average molecular weight is 264 g/mol. The number of benzene rings is 1. The highest BCUT2D eigenvalue weighted by Gasteiger charge is 2.15. The molecular formula is C12H19Cl2NO. The second-order valence-electron chi connectivity index (χ2n) is 4.67. The molecule has 2 nitrogen and oxygen atoms in total. The highest BCUT2D eigenvalue weighted by molar-refractivity contribution is 6.31. The van der Waals surface area contributed by atoms with E-state index in [9.17, 15) is 5.11 Å². The van der Waals surface area contributed by atoms with Crippen LogP contribution in [0.3, 0.4) is 0 Å². The molecule has 0 radical (unpaired) electrons. The average Bonchev–Trinajstić information content (AvgIpc) is 2.14. The lowest BCUT2D eigenvalue weighted by Crippen LogP contribution is -2.38. The Hall–Kier alpha value is -0.280. The van der Waals surface area contributed by atoms with Gasteiger partial charge < -0.3 is 10.4 Å². The molecule has 92 valence electrons. The van der Waals surface area contributed by atoms with E-state index in [1.807, 2.05) is 18.2 Å². The van der Waals surface area contributed by atoms with Gasteiger partial charge in [-0.25, -0.2) is 0 Å². The van der Waals surface area contributed by atoms with Gasteiger partial charge in [0, 0.05) is 22.7 Å². The number of aliphatic hydroxyl groups excluding tert-OH is 1. The van der Waals surface area contributed by atoms with Crippen molar-refractivity contribution in [2.45, 2.75) is 32.4 Å². The van der Waals surface area contributed by atoms with Gasteiger partial charge in [-0.05, 0) is 26.8 Å². The molecule has 0 aliphatic carbocycles. The molecule has 16 heavy (non-hydrogen) atoms. The molecule has 0 aliphatic rings. The van der Waals surface area contributed by atoms with E-state index >= 15 is 0 Å². The van der Waals surface area contributed by atoms with Crippen LogP contribution < -0.4 is 5.32 Å². The Morgan fingerprint density at radius 3 is 2.38 bits per heavy atom. The molecule has 0 spiro atoms. The first kappa shape index (κ1) is 15.7. The minimum Gasteiger partial charge on any atom is -0.387 e. The number of rotatable bonds is 3. The van der Waals surface area contributed by atoms with Gasteiger partial charge in [-0.2, -0.15) is 0 Å². The summed E-state index contributed by atoms with van der Waals surface area (Å²) in [6.07, 6.45) is -0.557. The van der Waals surface area contributed by atoms with Gasteiger partial charge in [0.1, 0.15) is 0 Å². The summed E-state index contributed by atoms with van der Waals surface area (Å²) in [5.41, 5.74) is 0.776. The number of hydrogen-bond donors (Lipinski definition) is 2. The standard InChI is InChI=1S/C12H18ClNO.ClH/c1-12(2,3)14-8-11(15)9-6-4-5-7-10(9)13;/h4-7,11,14-15H,8H2,1-3H3;1H. The molecule has 1 aromatic rings. The van der Waals surface area contributed by atoms with Crippen molar-refractivity contribution in [1.29, 1.82) is 0 Å². The predicted octanol–water partition coefficient (Wildman–Crippen LogP) is 3.18. The van der Waals surface area contributed by atoms with Gasteiger partial charge in [-0.15, -0.1) is 12.4 Å². The summed E-state index contributed by atoms with van der Waals surface area (Å²) in [4.78, 5) is 0. The van der Waals surface area contributed by atoms with Crippen LogP contribution in [-0.4, -0.2) is 17.2 Å². The fourth-order valence-electron chi connectivity index (χ4n) is 1.26. The van der Waals surface area contributed by atoms with Crippen LogP contribution in [0.4, 0.5) is 0 Å². The number of nitrogens with one attached hydrogen (secondary N) is 1. The summed E-state index contributed by atoms with van der Waals surface area (Å²) >= 11 is 5.98. The van der Waals surface area contributed by atoms with Crippen LogP contribution in [0.15, 0.2) is 24.3 Å². The normalized spacial score (nSPS) is 13.1. The van der Waals surface area contributed by atoms with Gasteiger partial charge in [0.05, 0.1) is 6.10 Å². The molecule has 0 saturated carbocycles. The fourth-order valence-corrected chi connectivity index (χ4v) is 1.52. The van der Waals surface area contributed by atoms with E-state index < -0.39 is 6.10 Å². The molecule has 4 heteroatoms. The zero-order valence-electron chi connectivity index (χ0n) is 9.83. The maximum atomic E-state index is 9.92. The minimum atomic E-state index is -0.557. The first-order valence-corrected chi connectivity index (χ1v) is 5.45. The largest absolute Gasteiger partial charge is 0.387 e. The molecule has 0 fully saturated rings. The topological polar surface area (TPSA) is 32.3 Å². The lowest BCUT2D eigenvalue weighted by Gasteiger charge is -2.23. The predicted molar refractivity (Wildman–Crippen MR) is 71.4 cm³/mol. The van der Waals surface area contributed by atoms with E-state index in [2.05, 4.69) is 26.1 Å². The van der Waals surface area contributed by atoms with E-state index in [0.717, 1.165) is 5.56 Å². The summed E-state index contributed by atoms with van der Waals surface area (Å²) in [6, 6.07) is 7.37. The highest BCUT2D eigenvalue weighted by atomic mass is 35.5. The Kier molecular flexibility index (Phi) is 6.34. The molecule has 0 amide bonds. The van der Waals surface area contributed by atoms with E-state index in [1.54, 1.807) is 6.07 Å². The van der Waals surface area contributed by atoms with Crippen LogP contribution in [0.25, 0.3) is 0 Å². The third-order valence-corrected chi connectivity index (χ3v) is 2.43. The molecular weight excluding hydrogens is 245 g/mol. The summed E-state index contributed by atoms with van der Waals surface area (Å²) < 4.78 is 0. The third-order valence-electron chi connectivity index (χ3n) is 2.09. The van der Waals surface area contributed by atoms with Crippen molar-refractivity contribution in [3.8, 4) is 0 Å². The smallest absolute Gasteiger partial charge is 0.0928 e. The SMILES string of the molecule is CC(C)(C)NCC(O)c1ccccc1Cl.Cl. The summed E-state index contributed by atoms with van der Waals surface area (Å²) in [5, 5.41) is 13.8. The van der Waals surface area contributed by atoms with Crippen LogP contribution in [-0.2, 0) is 0 Å². The lowest BCUT2D eigenvalue weighted by molar-refractivity contribution is 0.163. The Morgan fingerprint density at radius 1 is 1.31 bits per heavy atom. The molecule has 0 aromatic heterocycles. The lowest BCUT2D eigenvalue weighted by atomic mass is 10.1. The molecule has 0 heterocycles. The van der Waals surface area contributed by atoms with Gasteiger partial charge >= 0.3 is 0 Å². The Balaban J connectivity index is 0.00000225. The second kappa shape index (κ2) is 6.45. The third kappa shape index (κ3) is 5.17. The Labute approximate surface area is 108 Å². The maximum Gasteiger partial charge on any atom is 0.0928 e. The number of aliphatic hydroxyl groups is 1. The van der Waals surface area contributed by atoms with Gasteiger partial charge in [0.25, 0.3) is 0 Å². The summed E-state index contributed by atoms with van der Waals surface area (Å²) in [7, 11) is 0. The fraction of sp³-hybridized carbons (Fsp3) is 0.500. The van der Waals surface area contributed by atoms with E-state index in [0.29, 0.717) is 11.6 Å². The van der Waals surface area contributed by atoms with Gasteiger partial charge in [0.2, 0.25) is 0 Å². The van der Waals surface area contributed by atoms with Crippen LogP contribution in [0.1, 0.15) is 32.4 Å². The molecule has 0 saturated heterocycles. The van der Waals surface area contributed by atoms with Crippen molar-refractivity contribution in [1.82, 2.24) is 5.32 Å². The van der Waals surface area contributed by atoms with Crippen molar-refractivity contribution in [3.05, 3.63) is 34.9 Å². The van der Waals surface area contributed by atoms with Crippen LogP contribution in [0.2, 0.25) is 5.02 Å². The second-order valence-corrected chi connectivity index (χ2v) is 5.08. The van der Waals surface area contributed by atoms with Crippen molar-refractivity contribution in [3.63, 3.8) is 0 Å². The Morgan fingerprint density at radius 2 is 1.88 bits per heavy atom. The van der Waals surface area contributed by atoms with Crippen molar-refractivity contribution in [2.24, 2.45) is 0 Å². The Bertz CT molecular complexity index is 323. The number of hydrogen-bond acceptors (Lipinski definition) is 2. The van der Waals surface area contributed by atoms with Gasteiger partial charge in [-0.3, -0.25) is 0 Å². The summed E-state index contributed by atoms with van der Waals surface area (Å²) in [5.74, 6) is 0.